The van der Waals surface area contributed by atoms with E-state index in [-0.39, 0.29) is 53.9 Å². The third-order valence-electron chi connectivity index (χ3n) is 5.53. The highest BCUT2D eigenvalue weighted by Crippen LogP contribution is 2.34. The lowest BCUT2D eigenvalue weighted by Crippen LogP contribution is -2.54. The van der Waals surface area contributed by atoms with E-state index >= 15 is 0 Å². The number of carbonyl (C=O) groups is 1. The van der Waals surface area contributed by atoms with Gasteiger partial charge in [0.15, 0.2) is 23.0 Å². The number of hydrogen-bond acceptors (Lipinski definition) is 9. The molecule has 3 heterocycles. The first-order valence-electron chi connectivity index (χ1n) is 13.7. The summed E-state index contributed by atoms with van der Waals surface area (Å²) >= 11 is 0. The third-order valence-corrected chi connectivity index (χ3v) is 5.53. The highest BCUT2D eigenvalue weighted by atomic mass is 16.6. The van der Waals surface area contributed by atoms with Crippen LogP contribution in [0.3, 0.4) is 0 Å². The summed E-state index contributed by atoms with van der Waals surface area (Å²) in [5.74, 6) is -0.212. The van der Waals surface area contributed by atoms with Gasteiger partial charge in [-0.15, -0.1) is 0 Å². The van der Waals surface area contributed by atoms with Crippen LogP contribution in [0.2, 0.25) is 0 Å². The van der Waals surface area contributed by atoms with E-state index < -0.39 is 26.1 Å². The molecule has 0 spiro atoms. The molecule has 5 rings (SSSR count). The predicted molar refractivity (Wildman–Crippen MR) is 122 cm³/mol. The molecule has 2 aromatic carbocycles. The number of nitrogens with two attached hydrogens (primary N) is 1. The van der Waals surface area contributed by atoms with Crippen LogP contribution in [0.1, 0.15) is 9.60 Å². The van der Waals surface area contributed by atoms with Crippen LogP contribution in [0.15, 0.2) is 36.4 Å². The number of rotatable bonds is 4. The molecule has 1 atom stereocenters. The number of aromatic nitrogens is 2. The summed E-state index contributed by atoms with van der Waals surface area (Å²) in [5.41, 5.74) is 6.36. The highest BCUT2D eigenvalue weighted by molar-refractivity contribution is 5.91. The molecule has 10 nitrogen and oxygen atoms in total. The maximum atomic E-state index is 13.2. The summed E-state index contributed by atoms with van der Waals surface area (Å²) in [5, 5.41) is 0.237. The molecule has 10 heteroatoms. The van der Waals surface area contributed by atoms with E-state index in [1.165, 1.54) is 17.0 Å². The van der Waals surface area contributed by atoms with Crippen molar-refractivity contribution in [3.05, 3.63) is 36.4 Å². The lowest BCUT2D eigenvalue weighted by Gasteiger charge is -2.37. The molecule has 1 fully saturated rings. The topological polar surface area (TPSA) is 112 Å². The zero-order valence-corrected chi connectivity index (χ0v) is 17.4. The molecule has 3 aromatic rings. The van der Waals surface area contributed by atoms with Crippen LogP contribution in [0.4, 0.5) is 11.8 Å². The average Bonchev–Trinajstić information content (AvgIpc) is 2.87. The smallest absolute Gasteiger partial charge is 0.267 e. The average molecular weight is 459 g/mol. The molecule has 1 unspecified atom stereocenters. The van der Waals surface area contributed by atoms with Gasteiger partial charge in [0.1, 0.15) is 12.4 Å². The molecular weight excluding hydrogens is 426 g/mol. The van der Waals surface area contributed by atoms with Crippen LogP contribution in [-0.2, 0) is 4.79 Å². The van der Waals surface area contributed by atoms with Crippen LogP contribution in [0.25, 0.3) is 10.9 Å². The molecule has 1 aromatic heterocycles. The van der Waals surface area contributed by atoms with Crippen molar-refractivity contribution in [2.24, 2.45) is 0 Å². The number of para-hydroxylation sites is 2. The molecule has 0 aliphatic carbocycles. The third kappa shape index (κ3) is 3.88. The summed E-state index contributed by atoms with van der Waals surface area (Å²) in [6, 6.07) is 9.28. The largest absolute Gasteiger partial charge is 0.493 e. The van der Waals surface area contributed by atoms with Crippen LogP contribution >= 0.6 is 0 Å². The second-order valence-electron chi connectivity index (χ2n) is 7.47. The Bertz CT molecular complexity index is 1450. The van der Waals surface area contributed by atoms with Gasteiger partial charge in [-0.05, 0) is 18.2 Å². The normalized spacial score (nSPS) is 23.8. The SMILES string of the molecule is [2H]C([2H])([2H])Oc1cc2nc(N3CCN(C(=O)C4([2H])COc5ccccc5O4)CC3)nc(N)c2cc1OC([2H])([2H])[2H]. The molecule has 2 aliphatic rings. The lowest BCUT2D eigenvalue weighted by molar-refractivity contribution is -0.141. The van der Waals surface area contributed by atoms with E-state index in [9.17, 15) is 4.79 Å². The van der Waals surface area contributed by atoms with Crippen molar-refractivity contribution in [2.75, 3.05) is 57.5 Å². The molecule has 2 N–H and O–H groups in total. The summed E-state index contributed by atoms with van der Waals surface area (Å²) in [7, 11) is -5.75. The highest BCUT2D eigenvalue weighted by Gasteiger charge is 2.33. The van der Waals surface area contributed by atoms with Crippen molar-refractivity contribution in [1.29, 1.82) is 0 Å². The van der Waals surface area contributed by atoms with Gasteiger partial charge in [0.25, 0.3) is 5.91 Å². The summed E-state index contributed by atoms with van der Waals surface area (Å²) in [4.78, 5) is 25.3. The Labute approximate surface area is 200 Å². The van der Waals surface area contributed by atoms with Gasteiger partial charge >= 0.3 is 0 Å². The number of ether oxygens (including phenoxy) is 4. The Kier molecular flexibility index (Phi) is 3.68. The minimum atomic E-state index is -2.88. The first-order chi connectivity index (χ1) is 18.7. The van der Waals surface area contributed by atoms with Crippen molar-refractivity contribution < 1.29 is 33.3 Å². The van der Waals surface area contributed by atoms with Gasteiger partial charge in [-0.3, -0.25) is 4.79 Å². The maximum Gasteiger partial charge on any atom is 0.267 e. The molecular formula is C23H25N5O5. The van der Waals surface area contributed by atoms with Gasteiger partial charge in [-0.1, -0.05) is 12.1 Å². The van der Waals surface area contributed by atoms with Gasteiger partial charge in [0.2, 0.25) is 12.0 Å². The number of nitrogens with zero attached hydrogens (tertiary/aromatic N) is 4. The maximum absolute atomic E-state index is 13.2. The second kappa shape index (κ2) is 8.53. The molecule has 1 amide bonds. The van der Waals surface area contributed by atoms with E-state index in [0.717, 1.165) is 0 Å². The van der Waals surface area contributed by atoms with Crippen molar-refractivity contribution in [1.82, 2.24) is 14.9 Å². The number of anilines is 2. The zero-order chi connectivity index (χ0) is 28.9. The van der Waals surface area contributed by atoms with Crippen LogP contribution < -0.4 is 29.6 Å². The van der Waals surface area contributed by atoms with Gasteiger partial charge in [-0.2, -0.15) is 4.98 Å². The summed E-state index contributed by atoms with van der Waals surface area (Å²) in [6.07, 6.45) is -1.92. The van der Waals surface area contributed by atoms with Gasteiger partial charge in [0, 0.05) is 37.6 Å². The van der Waals surface area contributed by atoms with E-state index in [4.69, 9.17) is 34.3 Å². The number of fused-ring (bicyclic) bond motifs is 2. The number of hydrogen-bond donors (Lipinski definition) is 1. The molecule has 33 heavy (non-hydrogen) atoms. The standard InChI is InChI=1S/C23H25N5O5/c1-30-18-11-14-15(12-19(18)31-2)25-23(26-21(14)24)28-9-7-27(8-10-28)22(29)20-13-32-16-5-3-4-6-17(16)33-20/h3-6,11-12,20H,7-10,13H2,1-2H3,(H2,24,25,26)/i1D3,2D3,20D. The van der Waals surface area contributed by atoms with E-state index in [0.29, 0.717) is 24.6 Å². The van der Waals surface area contributed by atoms with Crippen LogP contribution in [0.5, 0.6) is 23.0 Å². The van der Waals surface area contributed by atoms with Crippen molar-refractivity contribution in [2.45, 2.75) is 6.08 Å². The Morgan fingerprint density at radius 1 is 1.12 bits per heavy atom. The zero-order valence-electron chi connectivity index (χ0n) is 24.4. The first kappa shape index (κ1) is 14.2. The predicted octanol–water partition coefficient (Wildman–Crippen LogP) is 1.72. The number of amides is 1. The van der Waals surface area contributed by atoms with E-state index in [2.05, 4.69) is 9.97 Å². The number of piperazine rings is 1. The Hall–Kier alpha value is -3.95. The molecule has 1 saturated heterocycles. The van der Waals surface area contributed by atoms with Gasteiger partial charge in [0.05, 0.1) is 29.2 Å². The molecule has 0 saturated carbocycles. The summed E-state index contributed by atoms with van der Waals surface area (Å²) in [6.45, 7) is 0.850. The van der Waals surface area contributed by atoms with Crippen LogP contribution in [0, 0.1) is 0 Å². The van der Waals surface area contributed by atoms with Gasteiger partial charge < -0.3 is 34.5 Å². The molecule has 0 bridgehead atoms. The van der Waals surface area contributed by atoms with Crippen molar-refractivity contribution >= 4 is 28.6 Å². The summed E-state index contributed by atoms with van der Waals surface area (Å²) < 4.78 is 74.1. The van der Waals surface area contributed by atoms with E-state index in [1.54, 1.807) is 29.2 Å². The number of benzene rings is 2. The fourth-order valence-electron chi connectivity index (χ4n) is 3.80. The minimum absolute atomic E-state index is 0.00543. The monoisotopic (exact) mass is 458 g/mol. The second-order valence-corrected chi connectivity index (χ2v) is 7.47. The van der Waals surface area contributed by atoms with Gasteiger partial charge in [-0.25, -0.2) is 4.98 Å². The number of nitrogen functional groups attached to an aromatic ring is 1. The molecule has 2 aliphatic heterocycles. The van der Waals surface area contributed by atoms with Crippen molar-refractivity contribution in [3.63, 3.8) is 0 Å². The lowest BCUT2D eigenvalue weighted by atomic mass is 10.2. The quantitative estimate of drug-likeness (QED) is 0.624. The molecule has 0 radical (unpaired) electrons. The van der Waals surface area contributed by atoms with Crippen LogP contribution in [-0.4, -0.2) is 73.7 Å². The fraction of sp³-hybridized carbons (Fsp3) is 0.348. The van der Waals surface area contributed by atoms with Crippen molar-refractivity contribution in [3.8, 4) is 23.0 Å². The Morgan fingerprint density at radius 2 is 1.85 bits per heavy atom. The minimum Gasteiger partial charge on any atom is -0.493 e. The van der Waals surface area contributed by atoms with E-state index in [1.807, 2.05) is 0 Å². The first-order valence-corrected chi connectivity index (χ1v) is 10.2. The molecule has 172 valence electrons. The Morgan fingerprint density at radius 3 is 2.61 bits per heavy atom. The Balaban J connectivity index is 1.34. The fourth-order valence-corrected chi connectivity index (χ4v) is 3.80. The number of methoxy groups -OCH3 is 2. The number of carbonyl (C=O) groups excluding carboxylic acids is 1.